The maximum Gasteiger partial charge on any atom is 0.416 e. The topological polar surface area (TPSA) is 33.0 Å². The summed E-state index contributed by atoms with van der Waals surface area (Å²) in [7, 11) is 0. The minimum atomic E-state index is -4.34. The molecule has 3 aliphatic rings. The van der Waals surface area contributed by atoms with Crippen molar-refractivity contribution in [3.05, 3.63) is 76.4 Å². The van der Waals surface area contributed by atoms with Crippen molar-refractivity contribution in [2.24, 2.45) is 11.3 Å². The maximum atomic E-state index is 12.9. The predicted octanol–water partition coefficient (Wildman–Crippen LogP) is 5.14. The summed E-state index contributed by atoms with van der Waals surface area (Å²) in [6.07, 6.45) is -2.39. The Labute approximate surface area is 154 Å². The Morgan fingerprint density at radius 1 is 1.07 bits per heavy atom. The van der Waals surface area contributed by atoms with E-state index in [1.165, 1.54) is 0 Å². The van der Waals surface area contributed by atoms with Crippen molar-refractivity contribution in [3.63, 3.8) is 0 Å². The van der Waals surface area contributed by atoms with Gasteiger partial charge in [-0.3, -0.25) is 0 Å². The predicted molar refractivity (Wildman–Crippen MR) is 93.7 cm³/mol. The molecule has 2 aromatic rings. The van der Waals surface area contributed by atoms with Gasteiger partial charge in [0.1, 0.15) is 0 Å². The lowest BCUT2D eigenvalue weighted by Gasteiger charge is -2.59. The third kappa shape index (κ3) is 2.11. The lowest BCUT2D eigenvalue weighted by molar-refractivity contribution is -0.137. The van der Waals surface area contributed by atoms with Crippen molar-refractivity contribution >= 4 is 6.08 Å². The van der Waals surface area contributed by atoms with Gasteiger partial charge in [0.2, 0.25) is 0 Å². The second kappa shape index (κ2) is 5.46. The Kier molecular flexibility index (Phi) is 3.36. The second-order valence-electron chi connectivity index (χ2n) is 7.58. The van der Waals surface area contributed by atoms with Gasteiger partial charge >= 0.3 is 6.18 Å². The lowest BCUT2D eigenvalue weighted by atomic mass is 9.41. The zero-order valence-electron chi connectivity index (χ0n) is 14.3. The summed E-state index contributed by atoms with van der Waals surface area (Å²) in [4.78, 5) is 0. The van der Waals surface area contributed by atoms with Crippen LogP contribution in [-0.2, 0) is 10.9 Å². The van der Waals surface area contributed by atoms with Gasteiger partial charge in [-0.2, -0.15) is 18.4 Å². The number of alkyl halides is 3. The Hall–Kier alpha value is -2.58. The number of hydrogen-bond donors (Lipinski definition) is 0. The summed E-state index contributed by atoms with van der Waals surface area (Å²) >= 11 is 0. The maximum absolute atomic E-state index is 12.9. The molecule has 0 aromatic heterocycles. The molecule has 1 heterocycles. The fraction of sp³-hybridized carbons (Fsp3) is 0.318. The van der Waals surface area contributed by atoms with Crippen LogP contribution in [0.4, 0.5) is 13.2 Å². The highest BCUT2D eigenvalue weighted by atomic mass is 19.4. The van der Waals surface area contributed by atoms with Crippen molar-refractivity contribution < 1.29 is 17.9 Å². The van der Waals surface area contributed by atoms with E-state index >= 15 is 0 Å². The third-order valence-electron chi connectivity index (χ3n) is 6.52. The molecular weight excluding hydrogens is 351 g/mol. The van der Waals surface area contributed by atoms with Crippen LogP contribution in [0.15, 0.2) is 54.1 Å². The van der Waals surface area contributed by atoms with Crippen molar-refractivity contribution in [2.45, 2.75) is 18.0 Å². The smallest absolute Gasteiger partial charge is 0.380 e. The molecule has 5 rings (SSSR count). The molecule has 1 aliphatic heterocycles. The largest absolute Gasteiger partial charge is 0.416 e. The van der Waals surface area contributed by atoms with Crippen LogP contribution in [-0.4, -0.2) is 13.2 Å². The van der Waals surface area contributed by atoms with Gasteiger partial charge in [0.05, 0.1) is 24.8 Å². The van der Waals surface area contributed by atoms with E-state index in [-0.39, 0.29) is 23.2 Å². The molecule has 4 unspecified atom stereocenters. The molecule has 2 aliphatic carbocycles. The SMILES string of the molecule is N#CC1=Cc2ccccc2C2C(c3ccc(C(F)(F)F)cc3)C3COCC132. The normalized spacial score (nSPS) is 31.0. The second-order valence-corrected chi connectivity index (χ2v) is 7.58. The molecule has 1 saturated heterocycles. The summed E-state index contributed by atoms with van der Waals surface area (Å²) < 4.78 is 44.6. The molecule has 1 saturated carbocycles. The minimum absolute atomic E-state index is 0.0491. The first-order valence-corrected chi connectivity index (χ1v) is 8.93. The van der Waals surface area contributed by atoms with Gasteiger partial charge in [-0.1, -0.05) is 36.4 Å². The molecule has 0 amide bonds. The highest BCUT2D eigenvalue weighted by Gasteiger charge is 2.68. The number of halogens is 3. The van der Waals surface area contributed by atoms with E-state index in [4.69, 9.17) is 4.74 Å². The van der Waals surface area contributed by atoms with Gasteiger partial charge in [0.25, 0.3) is 0 Å². The van der Waals surface area contributed by atoms with Crippen molar-refractivity contribution in [2.75, 3.05) is 13.2 Å². The molecule has 27 heavy (non-hydrogen) atoms. The van der Waals surface area contributed by atoms with Crippen LogP contribution in [0.1, 0.15) is 34.1 Å². The first-order chi connectivity index (χ1) is 13.0. The van der Waals surface area contributed by atoms with Crippen LogP contribution in [0, 0.1) is 22.7 Å². The van der Waals surface area contributed by atoms with Crippen LogP contribution in [0.5, 0.6) is 0 Å². The van der Waals surface area contributed by atoms with Crippen LogP contribution in [0.3, 0.4) is 0 Å². The van der Waals surface area contributed by atoms with Gasteiger partial charge in [0, 0.05) is 22.8 Å². The van der Waals surface area contributed by atoms with Crippen molar-refractivity contribution in [3.8, 4) is 6.07 Å². The summed E-state index contributed by atoms with van der Waals surface area (Å²) in [5, 5.41) is 9.76. The molecule has 2 nitrogen and oxygen atoms in total. The first-order valence-electron chi connectivity index (χ1n) is 8.93. The Morgan fingerprint density at radius 2 is 1.81 bits per heavy atom. The van der Waals surface area contributed by atoms with E-state index in [1.807, 2.05) is 24.3 Å². The zero-order valence-corrected chi connectivity index (χ0v) is 14.3. The zero-order chi connectivity index (χ0) is 18.8. The number of ether oxygens (including phenoxy) is 1. The van der Waals surface area contributed by atoms with E-state index in [1.54, 1.807) is 12.1 Å². The highest BCUT2D eigenvalue weighted by molar-refractivity contribution is 5.70. The molecule has 1 spiro atoms. The minimum Gasteiger partial charge on any atom is -0.380 e. The van der Waals surface area contributed by atoms with E-state index < -0.39 is 11.7 Å². The van der Waals surface area contributed by atoms with E-state index in [0.29, 0.717) is 13.2 Å². The standard InChI is InChI=1S/C22H16F3NO/c23-22(24,25)15-7-5-13(6-8-15)19-18-11-27-12-21(18)16(10-26)9-14-3-1-2-4-17(14)20(19)21/h1-9,18-20H,11-12H2. The molecule has 5 heteroatoms. The number of hydrogen-bond acceptors (Lipinski definition) is 2. The average molecular weight is 367 g/mol. The van der Waals surface area contributed by atoms with Gasteiger partial charge < -0.3 is 4.74 Å². The quantitative estimate of drug-likeness (QED) is 0.699. The van der Waals surface area contributed by atoms with Crippen LogP contribution >= 0.6 is 0 Å². The van der Waals surface area contributed by atoms with Crippen LogP contribution < -0.4 is 0 Å². The van der Waals surface area contributed by atoms with Crippen LogP contribution in [0.25, 0.3) is 6.08 Å². The van der Waals surface area contributed by atoms with Crippen molar-refractivity contribution in [1.29, 1.82) is 5.26 Å². The Bertz CT molecular complexity index is 986. The molecule has 0 radical (unpaired) electrons. The summed E-state index contributed by atoms with van der Waals surface area (Å²) in [5.74, 6) is 0.212. The molecule has 2 fully saturated rings. The van der Waals surface area contributed by atoms with Crippen LogP contribution in [0.2, 0.25) is 0 Å². The number of nitrogens with zero attached hydrogens (tertiary/aromatic N) is 1. The molecule has 4 atom stereocenters. The Morgan fingerprint density at radius 3 is 2.52 bits per heavy atom. The monoisotopic (exact) mass is 367 g/mol. The number of nitriles is 1. The number of benzene rings is 2. The molecule has 2 aromatic carbocycles. The summed E-state index contributed by atoms with van der Waals surface area (Å²) in [6, 6.07) is 15.8. The Balaban J connectivity index is 1.62. The van der Waals surface area contributed by atoms with Gasteiger partial charge in [-0.05, 0) is 40.8 Å². The van der Waals surface area contributed by atoms with E-state index in [9.17, 15) is 18.4 Å². The van der Waals surface area contributed by atoms with Gasteiger partial charge in [-0.25, -0.2) is 0 Å². The lowest BCUT2D eigenvalue weighted by Crippen LogP contribution is -2.55. The molecule has 0 bridgehead atoms. The van der Waals surface area contributed by atoms with E-state index in [2.05, 4.69) is 12.1 Å². The molecular formula is C22H16F3NO. The third-order valence-corrected chi connectivity index (χ3v) is 6.52. The summed E-state index contributed by atoms with van der Waals surface area (Å²) in [6.45, 7) is 1.02. The highest BCUT2D eigenvalue weighted by Crippen LogP contribution is 2.72. The number of rotatable bonds is 1. The first kappa shape index (κ1) is 16.6. The fourth-order valence-corrected chi connectivity index (χ4v) is 5.38. The van der Waals surface area contributed by atoms with E-state index in [0.717, 1.165) is 34.4 Å². The summed E-state index contributed by atoms with van der Waals surface area (Å²) in [5.41, 5.74) is 2.80. The number of fused-ring (bicyclic) bond motifs is 2. The van der Waals surface area contributed by atoms with Crippen molar-refractivity contribution in [1.82, 2.24) is 0 Å². The average Bonchev–Trinajstić information content (AvgIpc) is 2.98. The molecule has 0 N–H and O–H groups in total. The fourth-order valence-electron chi connectivity index (χ4n) is 5.38. The van der Waals surface area contributed by atoms with Gasteiger partial charge in [0.15, 0.2) is 0 Å². The molecule has 136 valence electrons. The van der Waals surface area contributed by atoms with Gasteiger partial charge in [-0.15, -0.1) is 0 Å².